The van der Waals surface area contributed by atoms with Gasteiger partial charge in [-0.3, -0.25) is 4.79 Å². The largest absolute Gasteiger partial charge is 0.348 e. The van der Waals surface area contributed by atoms with Gasteiger partial charge in [0.05, 0.1) is 10.9 Å². The van der Waals surface area contributed by atoms with Crippen LogP contribution in [-0.4, -0.2) is 51.2 Å². The van der Waals surface area contributed by atoms with Crippen molar-refractivity contribution in [2.24, 2.45) is 0 Å². The average Bonchev–Trinajstić information content (AvgIpc) is 2.64. The molecule has 0 aliphatic rings. The predicted molar refractivity (Wildman–Crippen MR) is 67.8 cm³/mol. The van der Waals surface area contributed by atoms with Crippen LogP contribution in [-0.2, 0) is 14.8 Å². The molecule has 0 saturated heterocycles. The number of rotatable bonds is 4. The van der Waals surface area contributed by atoms with Crippen LogP contribution >= 0.6 is 22.9 Å². The van der Waals surface area contributed by atoms with Gasteiger partial charge in [0.25, 0.3) is 10.0 Å². The van der Waals surface area contributed by atoms with Crippen LogP contribution in [0.25, 0.3) is 0 Å². The molecule has 0 unspecified atom stereocenters. The third-order valence-electron chi connectivity index (χ3n) is 2.07. The molecule has 1 amide bonds. The van der Waals surface area contributed by atoms with Gasteiger partial charge in [0.1, 0.15) is 4.21 Å². The number of halogens is 1. The Bertz CT molecular complexity index is 510. The summed E-state index contributed by atoms with van der Waals surface area (Å²) >= 11 is 6.66. The van der Waals surface area contributed by atoms with Crippen molar-refractivity contribution in [3.05, 3.63) is 16.5 Å². The number of carbonyl (C=O) groups excluding carboxylic acids is 1. The molecule has 0 bridgehead atoms. The summed E-state index contributed by atoms with van der Waals surface area (Å²) in [7, 11) is 0.887. The molecule has 1 heterocycles. The number of hydrogen-bond donors (Lipinski definition) is 0. The van der Waals surface area contributed by atoms with E-state index in [0.717, 1.165) is 15.6 Å². The number of amides is 1. The highest BCUT2D eigenvalue weighted by Crippen LogP contribution is 2.27. The fraction of sp³-hybridized carbons (Fsp3) is 0.444. The average molecular weight is 297 g/mol. The SMILES string of the molecule is CN(C)C(=O)CN(C)S(=O)(=O)c1ccc(Cl)s1. The van der Waals surface area contributed by atoms with Gasteiger partial charge < -0.3 is 4.90 Å². The molecule has 8 heteroatoms. The van der Waals surface area contributed by atoms with E-state index >= 15 is 0 Å². The first-order chi connectivity index (χ1) is 7.75. The molecule has 0 aromatic carbocycles. The summed E-state index contributed by atoms with van der Waals surface area (Å²) < 4.78 is 25.6. The van der Waals surface area contributed by atoms with E-state index in [2.05, 4.69) is 0 Å². The molecule has 1 rings (SSSR count). The van der Waals surface area contributed by atoms with Crippen molar-refractivity contribution in [3.8, 4) is 0 Å². The molecule has 0 fully saturated rings. The first-order valence-electron chi connectivity index (χ1n) is 4.67. The predicted octanol–water partition coefficient (Wildman–Crippen LogP) is 1.11. The van der Waals surface area contributed by atoms with E-state index in [1.807, 2.05) is 0 Å². The topological polar surface area (TPSA) is 57.7 Å². The summed E-state index contributed by atoms with van der Waals surface area (Å²) in [5.41, 5.74) is 0. The first-order valence-corrected chi connectivity index (χ1v) is 7.30. The smallest absolute Gasteiger partial charge is 0.252 e. The lowest BCUT2D eigenvalue weighted by atomic mass is 10.5. The van der Waals surface area contributed by atoms with Gasteiger partial charge in [0, 0.05) is 21.1 Å². The zero-order valence-electron chi connectivity index (χ0n) is 9.68. The summed E-state index contributed by atoms with van der Waals surface area (Å²) in [5, 5.41) is 0. The molecule has 5 nitrogen and oxygen atoms in total. The van der Waals surface area contributed by atoms with Gasteiger partial charge in [-0.2, -0.15) is 4.31 Å². The van der Waals surface area contributed by atoms with Crippen LogP contribution in [0.2, 0.25) is 4.34 Å². The van der Waals surface area contributed by atoms with Crippen molar-refractivity contribution in [3.63, 3.8) is 0 Å². The lowest BCUT2D eigenvalue weighted by Gasteiger charge is -2.18. The minimum atomic E-state index is -3.63. The van der Waals surface area contributed by atoms with Crippen LogP contribution in [0.5, 0.6) is 0 Å². The molecule has 0 radical (unpaired) electrons. The van der Waals surface area contributed by atoms with Crippen LogP contribution in [0.4, 0.5) is 0 Å². The molecule has 0 N–H and O–H groups in total. The summed E-state index contributed by atoms with van der Waals surface area (Å²) in [6, 6.07) is 2.94. The Labute approximate surface area is 110 Å². The summed E-state index contributed by atoms with van der Waals surface area (Å²) in [4.78, 5) is 12.8. The number of nitrogens with zero attached hydrogens (tertiary/aromatic N) is 2. The maximum absolute atomic E-state index is 12.0. The molecule has 0 spiro atoms. The molecule has 0 aliphatic heterocycles. The Morgan fingerprint density at radius 3 is 2.35 bits per heavy atom. The van der Waals surface area contributed by atoms with Crippen molar-refractivity contribution in [2.45, 2.75) is 4.21 Å². The molecule has 1 aromatic heterocycles. The Kier molecular flexibility index (Phi) is 4.54. The minimum absolute atomic E-state index is 0.136. The van der Waals surface area contributed by atoms with Crippen molar-refractivity contribution in [1.29, 1.82) is 0 Å². The molecule has 96 valence electrons. The standard InChI is InChI=1S/C9H13ClN2O3S2/c1-11(2)8(13)6-12(3)17(14,15)9-5-4-7(10)16-9/h4-5H,6H2,1-3H3. The molecule has 1 aromatic rings. The Morgan fingerprint density at radius 1 is 1.35 bits per heavy atom. The van der Waals surface area contributed by atoms with Gasteiger partial charge in [-0.25, -0.2) is 8.42 Å². The monoisotopic (exact) mass is 296 g/mol. The van der Waals surface area contributed by atoms with Gasteiger partial charge in [-0.15, -0.1) is 11.3 Å². The fourth-order valence-corrected chi connectivity index (χ4v) is 3.82. The van der Waals surface area contributed by atoms with Crippen LogP contribution < -0.4 is 0 Å². The molecular formula is C9H13ClN2O3S2. The van der Waals surface area contributed by atoms with E-state index in [4.69, 9.17) is 11.6 Å². The molecule has 17 heavy (non-hydrogen) atoms. The molecule has 0 atom stereocenters. The lowest BCUT2D eigenvalue weighted by molar-refractivity contribution is -0.128. The van der Waals surface area contributed by atoms with Crippen LogP contribution in [0, 0.1) is 0 Å². The number of sulfonamides is 1. The quantitative estimate of drug-likeness (QED) is 0.836. The second-order valence-corrected chi connectivity index (χ2v) is 7.59. The fourth-order valence-electron chi connectivity index (χ4n) is 1.01. The van der Waals surface area contributed by atoms with Crippen LogP contribution in [0.15, 0.2) is 16.3 Å². The van der Waals surface area contributed by atoms with E-state index in [1.54, 1.807) is 14.1 Å². The molecule has 0 aliphatic carbocycles. The zero-order chi connectivity index (χ0) is 13.2. The third-order valence-corrected chi connectivity index (χ3v) is 5.57. The van der Waals surface area contributed by atoms with Crippen LogP contribution in [0.3, 0.4) is 0 Å². The van der Waals surface area contributed by atoms with Crippen molar-refractivity contribution < 1.29 is 13.2 Å². The van der Waals surface area contributed by atoms with Crippen LogP contribution in [0.1, 0.15) is 0 Å². The number of hydrogen-bond acceptors (Lipinski definition) is 4. The van der Waals surface area contributed by atoms with Gasteiger partial charge in [-0.05, 0) is 12.1 Å². The zero-order valence-corrected chi connectivity index (χ0v) is 12.1. The number of likely N-dealkylation sites (N-methyl/N-ethyl adjacent to an activating group) is 2. The third kappa shape index (κ3) is 3.41. The van der Waals surface area contributed by atoms with Gasteiger partial charge in [-0.1, -0.05) is 11.6 Å². The minimum Gasteiger partial charge on any atom is -0.348 e. The molecule has 0 saturated carbocycles. The summed E-state index contributed by atoms with van der Waals surface area (Å²) in [5.74, 6) is -0.279. The van der Waals surface area contributed by atoms with Crippen molar-refractivity contribution in [2.75, 3.05) is 27.7 Å². The van der Waals surface area contributed by atoms with Gasteiger partial charge in [0.2, 0.25) is 5.91 Å². The molecular weight excluding hydrogens is 284 g/mol. The maximum atomic E-state index is 12.0. The summed E-state index contributed by atoms with van der Waals surface area (Å²) in [6.45, 7) is -0.190. The number of carbonyl (C=O) groups is 1. The van der Waals surface area contributed by atoms with E-state index in [-0.39, 0.29) is 16.7 Å². The lowest BCUT2D eigenvalue weighted by Crippen LogP contribution is -2.37. The van der Waals surface area contributed by atoms with Crippen molar-refractivity contribution >= 4 is 38.9 Å². The van der Waals surface area contributed by atoms with E-state index < -0.39 is 10.0 Å². The Balaban J connectivity index is 2.88. The Morgan fingerprint density at radius 2 is 1.94 bits per heavy atom. The Hall–Kier alpha value is -0.630. The normalized spacial score (nSPS) is 11.8. The van der Waals surface area contributed by atoms with Gasteiger partial charge in [0.15, 0.2) is 0 Å². The van der Waals surface area contributed by atoms with Crippen molar-refractivity contribution in [1.82, 2.24) is 9.21 Å². The first kappa shape index (κ1) is 14.4. The van der Waals surface area contributed by atoms with E-state index in [9.17, 15) is 13.2 Å². The summed E-state index contributed by atoms with van der Waals surface area (Å²) in [6.07, 6.45) is 0. The second-order valence-electron chi connectivity index (χ2n) is 3.61. The highest BCUT2D eigenvalue weighted by atomic mass is 35.5. The second kappa shape index (κ2) is 5.34. The van der Waals surface area contributed by atoms with E-state index in [1.165, 1.54) is 24.1 Å². The number of thiophene rings is 1. The van der Waals surface area contributed by atoms with Gasteiger partial charge >= 0.3 is 0 Å². The van der Waals surface area contributed by atoms with E-state index in [0.29, 0.717) is 4.34 Å². The highest BCUT2D eigenvalue weighted by molar-refractivity contribution is 7.91. The maximum Gasteiger partial charge on any atom is 0.252 e. The highest BCUT2D eigenvalue weighted by Gasteiger charge is 2.24.